The summed E-state index contributed by atoms with van der Waals surface area (Å²) >= 11 is 0. The molecule has 0 spiro atoms. The third-order valence-electron chi connectivity index (χ3n) is 3.65. The number of ether oxygens (including phenoxy) is 1. The Hall–Kier alpha value is -2.24. The predicted molar refractivity (Wildman–Crippen MR) is 82.3 cm³/mol. The molecule has 0 amide bonds. The largest absolute Gasteiger partial charge is 0.476 e. The van der Waals surface area contributed by atoms with Crippen molar-refractivity contribution in [3.63, 3.8) is 0 Å². The summed E-state index contributed by atoms with van der Waals surface area (Å²) in [7, 11) is 1.95. The quantitative estimate of drug-likeness (QED) is 0.812. The lowest BCUT2D eigenvalue weighted by atomic mass is 10.3. The lowest BCUT2D eigenvalue weighted by Crippen LogP contribution is -2.10. The number of hydrogen-bond acceptors (Lipinski definition) is 5. The Balaban J connectivity index is 1.54. The van der Waals surface area contributed by atoms with Gasteiger partial charge in [-0.15, -0.1) is 0 Å². The van der Waals surface area contributed by atoms with E-state index in [1.165, 1.54) is 18.5 Å². The Labute approximate surface area is 124 Å². The smallest absolute Gasteiger partial charge is 0.239 e. The first-order chi connectivity index (χ1) is 10.2. The van der Waals surface area contributed by atoms with Crippen molar-refractivity contribution in [2.45, 2.75) is 19.3 Å². The second kappa shape index (κ2) is 6.03. The van der Waals surface area contributed by atoms with Crippen LogP contribution in [0.25, 0.3) is 0 Å². The molecule has 6 heteroatoms. The third-order valence-corrected chi connectivity index (χ3v) is 3.65. The Morgan fingerprint density at radius 1 is 1.38 bits per heavy atom. The molecule has 3 rings (SSSR count). The van der Waals surface area contributed by atoms with Crippen molar-refractivity contribution < 1.29 is 4.74 Å². The lowest BCUT2D eigenvalue weighted by molar-refractivity contribution is 0.290. The zero-order valence-corrected chi connectivity index (χ0v) is 12.2. The molecule has 21 heavy (non-hydrogen) atoms. The van der Waals surface area contributed by atoms with Crippen LogP contribution in [0, 0.1) is 5.92 Å². The van der Waals surface area contributed by atoms with E-state index in [9.17, 15) is 0 Å². The highest BCUT2D eigenvalue weighted by molar-refractivity contribution is 5.53. The number of hydrogen-bond donors (Lipinski definition) is 2. The number of anilines is 2. The van der Waals surface area contributed by atoms with Gasteiger partial charge in [0.1, 0.15) is 5.82 Å². The molecule has 0 unspecified atom stereocenters. The van der Waals surface area contributed by atoms with Gasteiger partial charge in [0.05, 0.1) is 12.3 Å². The number of aromatic nitrogens is 3. The number of nitrogens with two attached hydrogens (primary N) is 1. The SMILES string of the molecule is Cn1nccc1CCNc1ccc(N)c(OCC2CC2)n1. The highest BCUT2D eigenvalue weighted by atomic mass is 16.5. The van der Waals surface area contributed by atoms with Crippen LogP contribution in [-0.4, -0.2) is 27.9 Å². The Kier molecular flexibility index (Phi) is 3.94. The zero-order chi connectivity index (χ0) is 14.7. The Morgan fingerprint density at radius 3 is 2.95 bits per heavy atom. The van der Waals surface area contributed by atoms with Crippen molar-refractivity contribution in [2.75, 3.05) is 24.2 Å². The van der Waals surface area contributed by atoms with Gasteiger partial charge < -0.3 is 15.8 Å². The summed E-state index contributed by atoms with van der Waals surface area (Å²) < 4.78 is 7.56. The van der Waals surface area contributed by atoms with Gasteiger partial charge in [0.2, 0.25) is 5.88 Å². The molecule has 6 nitrogen and oxygen atoms in total. The zero-order valence-electron chi connectivity index (χ0n) is 12.2. The van der Waals surface area contributed by atoms with Gasteiger partial charge in [0, 0.05) is 31.9 Å². The second-order valence-corrected chi connectivity index (χ2v) is 5.47. The molecule has 0 aromatic carbocycles. The minimum Gasteiger partial charge on any atom is -0.476 e. The van der Waals surface area contributed by atoms with Crippen molar-refractivity contribution >= 4 is 11.5 Å². The Morgan fingerprint density at radius 2 is 2.24 bits per heavy atom. The molecule has 2 aromatic heterocycles. The van der Waals surface area contributed by atoms with Gasteiger partial charge in [-0.05, 0) is 37.0 Å². The summed E-state index contributed by atoms with van der Waals surface area (Å²) in [4.78, 5) is 4.43. The molecule has 2 aromatic rings. The first-order valence-electron chi connectivity index (χ1n) is 7.32. The summed E-state index contributed by atoms with van der Waals surface area (Å²) in [5, 5.41) is 7.44. The molecule has 0 radical (unpaired) electrons. The highest BCUT2D eigenvalue weighted by Crippen LogP contribution is 2.30. The van der Waals surface area contributed by atoms with Crippen LogP contribution in [0.4, 0.5) is 11.5 Å². The molecule has 0 bridgehead atoms. The third kappa shape index (κ3) is 3.65. The molecule has 3 N–H and O–H groups in total. The van der Waals surface area contributed by atoms with Gasteiger partial charge in [-0.2, -0.15) is 10.1 Å². The molecular weight excluding hydrogens is 266 g/mol. The van der Waals surface area contributed by atoms with Crippen LogP contribution in [0.15, 0.2) is 24.4 Å². The Bertz CT molecular complexity index is 606. The predicted octanol–water partition coefficient (Wildman–Crippen LogP) is 1.84. The van der Waals surface area contributed by atoms with E-state index in [-0.39, 0.29) is 0 Å². The van der Waals surface area contributed by atoms with E-state index in [0.717, 1.165) is 25.4 Å². The first kappa shape index (κ1) is 13.7. The van der Waals surface area contributed by atoms with Gasteiger partial charge >= 0.3 is 0 Å². The fourth-order valence-electron chi connectivity index (χ4n) is 2.11. The molecule has 112 valence electrons. The number of rotatable bonds is 7. The van der Waals surface area contributed by atoms with Crippen LogP contribution in [0.3, 0.4) is 0 Å². The summed E-state index contributed by atoms with van der Waals surface area (Å²) in [6.07, 6.45) is 5.20. The fraction of sp³-hybridized carbons (Fsp3) is 0.467. The standard InChI is InChI=1S/C15H21N5O/c1-20-12(7-9-18-20)6-8-17-14-5-4-13(16)15(19-14)21-10-11-2-3-11/h4-5,7,9,11H,2-3,6,8,10,16H2,1H3,(H,17,19). The van der Waals surface area contributed by atoms with E-state index in [0.29, 0.717) is 17.5 Å². The van der Waals surface area contributed by atoms with E-state index in [4.69, 9.17) is 10.5 Å². The fourth-order valence-corrected chi connectivity index (χ4v) is 2.11. The van der Waals surface area contributed by atoms with Crippen LogP contribution in [-0.2, 0) is 13.5 Å². The second-order valence-electron chi connectivity index (χ2n) is 5.47. The first-order valence-corrected chi connectivity index (χ1v) is 7.32. The molecule has 1 saturated carbocycles. The van der Waals surface area contributed by atoms with Crippen LogP contribution in [0.1, 0.15) is 18.5 Å². The van der Waals surface area contributed by atoms with Crippen LogP contribution in [0.2, 0.25) is 0 Å². The van der Waals surface area contributed by atoms with E-state index >= 15 is 0 Å². The number of pyridine rings is 1. The summed E-state index contributed by atoms with van der Waals surface area (Å²) in [5.41, 5.74) is 7.67. The topological polar surface area (TPSA) is 78.0 Å². The average Bonchev–Trinajstić information content (AvgIpc) is 3.22. The molecule has 1 aliphatic rings. The lowest BCUT2D eigenvalue weighted by Gasteiger charge is -2.10. The van der Waals surface area contributed by atoms with E-state index < -0.39 is 0 Å². The monoisotopic (exact) mass is 287 g/mol. The van der Waals surface area contributed by atoms with Gasteiger partial charge in [0.15, 0.2) is 0 Å². The number of nitrogens with one attached hydrogen (secondary N) is 1. The molecule has 1 fully saturated rings. The van der Waals surface area contributed by atoms with Crippen molar-refractivity contribution in [3.05, 3.63) is 30.1 Å². The molecule has 2 heterocycles. The van der Waals surface area contributed by atoms with Crippen molar-refractivity contribution in [3.8, 4) is 5.88 Å². The van der Waals surface area contributed by atoms with Crippen molar-refractivity contribution in [2.24, 2.45) is 13.0 Å². The van der Waals surface area contributed by atoms with Gasteiger partial charge in [-0.3, -0.25) is 4.68 Å². The summed E-state index contributed by atoms with van der Waals surface area (Å²) in [6.45, 7) is 1.51. The van der Waals surface area contributed by atoms with Crippen LogP contribution < -0.4 is 15.8 Å². The molecule has 0 saturated heterocycles. The van der Waals surface area contributed by atoms with Crippen LogP contribution in [0.5, 0.6) is 5.88 Å². The minimum atomic E-state index is 0.535. The maximum atomic E-state index is 5.89. The van der Waals surface area contributed by atoms with Crippen molar-refractivity contribution in [1.82, 2.24) is 14.8 Å². The normalized spacial score (nSPS) is 14.1. The molecule has 0 atom stereocenters. The van der Waals surface area contributed by atoms with Gasteiger partial charge in [0.25, 0.3) is 0 Å². The van der Waals surface area contributed by atoms with E-state index in [1.54, 1.807) is 6.20 Å². The number of nitrogens with zero attached hydrogens (tertiary/aromatic N) is 3. The minimum absolute atomic E-state index is 0.535. The number of nitrogen functional groups attached to an aromatic ring is 1. The maximum absolute atomic E-state index is 5.89. The highest BCUT2D eigenvalue weighted by Gasteiger charge is 2.22. The number of aryl methyl sites for hydroxylation is 1. The van der Waals surface area contributed by atoms with Crippen LogP contribution >= 0.6 is 0 Å². The summed E-state index contributed by atoms with van der Waals surface area (Å²) in [5.74, 6) is 2.01. The van der Waals surface area contributed by atoms with Crippen molar-refractivity contribution in [1.29, 1.82) is 0 Å². The molecular formula is C15H21N5O. The van der Waals surface area contributed by atoms with E-state index in [2.05, 4.69) is 15.4 Å². The molecule has 1 aliphatic carbocycles. The van der Waals surface area contributed by atoms with E-state index in [1.807, 2.05) is 29.9 Å². The molecule has 0 aliphatic heterocycles. The average molecular weight is 287 g/mol. The van der Waals surface area contributed by atoms with Gasteiger partial charge in [-0.1, -0.05) is 0 Å². The van der Waals surface area contributed by atoms with Gasteiger partial charge in [-0.25, -0.2) is 0 Å². The maximum Gasteiger partial charge on any atom is 0.239 e. The summed E-state index contributed by atoms with van der Waals surface area (Å²) in [6, 6.07) is 5.73.